The lowest BCUT2D eigenvalue weighted by Crippen LogP contribution is -2.43. The summed E-state index contributed by atoms with van der Waals surface area (Å²) in [6, 6.07) is 6.90. The van der Waals surface area contributed by atoms with Crippen LogP contribution >= 0.6 is 22.6 Å². The molecule has 90 valence electrons. The first-order valence-corrected chi connectivity index (χ1v) is 6.53. The number of benzene rings is 1. The number of nitrogens with two attached hydrogens (primary N) is 1. The summed E-state index contributed by atoms with van der Waals surface area (Å²) in [7, 11) is 0. The second kappa shape index (κ2) is 5.03. The molecule has 0 unspecified atom stereocenters. The van der Waals surface area contributed by atoms with Gasteiger partial charge in [0.1, 0.15) is 6.04 Å². The predicted octanol–water partition coefficient (Wildman–Crippen LogP) is 1.38. The minimum atomic E-state index is -0.444. The molecule has 1 heterocycles. The fraction of sp³-hybridized carbons (Fsp3) is 0.333. The summed E-state index contributed by atoms with van der Waals surface area (Å²) in [5, 5.41) is 0. The van der Waals surface area contributed by atoms with E-state index in [-0.39, 0.29) is 5.91 Å². The first kappa shape index (κ1) is 12.3. The third-order valence-electron chi connectivity index (χ3n) is 2.91. The lowest BCUT2D eigenvalue weighted by Gasteiger charge is -2.22. The number of carbonyl (C=O) groups excluding carboxylic acids is 2. The van der Waals surface area contributed by atoms with Gasteiger partial charge in [0, 0.05) is 15.7 Å². The van der Waals surface area contributed by atoms with Gasteiger partial charge in [-0.25, -0.2) is 0 Å². The van der Waals surface area contributed by atoms with E-state index in [2.05, 4.69) is 22.6 Å². The molecule has 4 nitrogen and oxygen atoms in total. The number of nitrogens with zero attached hydrogens (tertiary/aromatic N) is 1. The monoisotopic (exact) mass is 344 g/mol. The summed E-state index contributed by atoms with van der Waals surface area (Å²) < 4.78 is 1.00. The van der Waals surface area contributed by atoms with Gasteiger partial charge in [-0.05, 0) is 53.6 Å². The molecular formula is C12H13IN2O2. The van der Waals surface area contributed by atoms with Gasteiger partial charge in [0.05, 0.1) is 0 Å². The molecule has 1 aliphatic heterocycles. The Morgan fingerprint density at radius 1 is 1.41 bits per heavy atom. The van der Waals surface area contributed by atoms with E-state index in [4.69, 9.17) is 5.73 Å². The molecule has 0 radical (unpaired) electrons. The molecule has 2 N–H and O–H groups in total. The van der Waals surface area contributed by atoms with Crippen LogP contribution < -0.4 is 5.73 Å². The summed E-state index contributed by atoms with van der Waals surface area (Å²) in [5.41, 5.74) is 5.92. The fourth-order valence-corrected chi connectivity index (χ4v) is 2.64. The Morgan fingerprint density at radius 2 is 2.18 bits per heavy atom. The van der Waals surface area contributed by atoms with E-state index in [9.17, 15) is 9.59 Å². The summed E-state index contributed by atoms with van der Waals surface area (Å²) in [6.07, 6.45) is 1.51. The maximum absolute atomic E-state index is 12.2. The van der Waals surface area contributed by atoms with Crippen LogP contribution in [0, 0.1) is 3.57 Å². The minimum absolute atomic E-state index is 0.107. The van der Waals surface area contributed by atoms with E-state index in [1.54, 1.807) is 11.0 Å². The highest BCUT2D eigenvalue weighted by Gasteiger charge is 2.32. The molecule has 17 heavy (non-hydrogen) atoms. The molecule has 1 aliphatic rings. The van der Waals surface area contributed by atoms with Crippen molar-refractivity contribution >= 4 is 34.4 Å². The number of amides is 2. The quantitative estimate of drug-likeness (QED) is 0.824. The van der Waals surface area contributed by atoms with Gasteiger partial charge in [-0.1, -0.05) is 6.07 Å². The van der Waals surface area contributed by atoms with Gasteiger partial charge < -0.3 is 10.6 Å². The summed E-state index contributed by atoms with van der Waals surface area (Å²) in [4.78, 5) is 25.0. The van der Waals surface area contributed by atoms with Crippen molar-refractivity contribution in [1.82, 2.24) is 4.90 Å². The van der Waals surface area contributed by atoms with E-state index in [1.807, 2.05) is 18.2 Å². The average molecular weight is 344 g/mol. The highest BCUT2D eigenvalue weighted by Crippen LogP contribution is 2.20. The van der Waals surface area contributed by atoms with Gasteiger partial charge in [-0.15, -0.1) is 0 Å². The van der Waals surface area contributed by atoms with Crippen LogP contribution in [0.2, 0.25) is 0 Å². The number of likely N-dealkylation sites (tertiary alicyclic amines) is 1. The second-order valence-corrected chi connectivity index (χ2v) is 5.31. The number of halogens is 1. The van der Waals surface area contributed by atoms with E-state index < -0.39 is 11.9 Å². The molecule has 1 atom stereocenters. The topological polar surface area (TPSA) is 63.4 Å². The molecule has 2 rings (SSSR count). The molecule has 1 fully saturated rings. The van der Waals surface area contributed by atoms with Crippen molar-refractivity contribution in [2.45, 2.75) is 18.9 Å². The Hall–Kier alpha value is -1.11. The van der Waals surface area contributed by atoms with Crippen LogP contribution in [0.3, 0.4) is 0 Å². The van der Waals surface area contributed by atoms with Crippen molar-refractivity contribution in [3.8, 4) is 0 Å². The van der Waals surface area contributed by atoms with Crippen LogP contribution in [0.4, 0.5) is 0 Å². The predicted molar refractivity (Wildman–Crippen MR) is 72.4 cm³/mol. The Morgan fingerprint density at radius 3 is 2.82 bits per heavy atom. The van der Waals surface area contributed by atoms with Gasteiger partial charge in [-0.2, -0.15) is 0 Å². The van der Waals surface area contributed by atoms with Gasteiger partial charge in [0.25, 0.3) is 5.91 Å². The van der Waals surface area contributed by atoms with Crippen LogP contribution in [0.5, 0.6) is 0 Å². The van der Waals surface area contributed by atoms with Crippen LogP contribution in [0.25, 0.3) is 0 Å². The molecule has 5 heteroatoms. The van der Waals surface area contributed by atoms with Crippen molar-refractivity contribution in [2.24, 2.45) is 5.73 Å². The van der Waals surface area contributed by atoms with Crippen LogP contribution in [0.1, 0.15) is 23.2 Å². The normalized spacial score (nSPS) is 19.4. The second-order valence-electron chi connectivity index (χ2n) is 4.07. The molecule has 0 bridgehead atoms. The van der Waals surface area contributed by atoms with Crippen LogP contribution in [0.15, 0.2) is 24.3 Å². The largest absolute Gasteiger partial charge is 0.368 e. The fourth-order valence-electron chi connectivity index (χ4n) is 2.09. The zero-order valence-electron chi connectivity index (χ0n) is 9.23. The lowest BCUT2D eigenvalue weighted by molar-refractivity contribution is -0.121. The molecule has 0 aliphatic carbocycles. The van der Waals surface area contributed by atoms with Crippen LogP contribution in [-0.4, -0.2) is 29.3 Å². The van der Waals surface area contributed by atoms with E-state index in [1.165, 1.54) is 0 Å². The van der Waals surface area contributed by atoms with Crippen molar-refractivity contribution < 1.29 is 9.59 Å². The maximum Gasteiger partial charge on any atom is 0.254 e. The zero-order valence-corrected chi connectivity index (χ0v) is 11.4. The van der Waals surface area contributed by atoms with Gasteiger partial charge in [-0.3, -0.25) is 9.59 Å². The van der Waals surface area contributed by atoms with Gasteiger partial charge in [0.15, 0.2) is 0 Å². The van der Waals surface area contributed by atoms with E-state index >= 15 is 0 Å². The summed E-state index contributed by atoms with van der Waals surface area (Å²) in [6.45, 7) is 0.609. The zero-order chi connectivity index (χ0) is 12.4. The minimum Gasteiger partial charge on any atom is -0.368 e. The van der Waals surface area contributed by atoms with Crippen molar-refractivity contribution in [2.75, 3.05) is 6.54 Å². The SMILES string of the molecule is NC(=O)[C@@H]1CCCN1C(=O)c1cccc(I)c1. The highest BCUT2D eigenvalue weighted by atomic mass is 127. The highest BCUT2D eigenvalue weighted by molar-refractivity contribution is 14.1. The third-order valence-corrected chi connectivity index (χ3v) is 3.58. The molecule has 0 spiro atoms. The number of primary amides is 1. The maximum atomic E-state index is 12.2. The molecule has 2 amide bonds. The van der Waals surface area contributed by atoms with Gasteiger partial charge >= 0.3 is 0 Å². The van der Waals surface area contributed by atoms with Crippen molar-refractivity contribution in [3.63, 3.8) is 0 Å². The standard InChI is InChI=1S/C12H13IN2O2/c13-9-4-1-3-8(7-9)12(17)15-6-2-5-10(15)11(14)16/h1,3-4,7,10H,2,5-6H2,(H2,14,16)/t10-/m0/s1. The summed E-state index contributed by atoms with van der Waals surface area (Å²) >= 11 is 2.16. The van der Waals surface area contributed by atoms with Crippen molar-refractivity contribution in [3.05, 3.63) is 33.4 Å². The Balaban J connectivity index is 2.23. The van der Waals surface area contributed by atoms with Crippen LogP contribution in [-0.2, 0) is 4.79 Å². The lowest BCUT2D eigenvalue weighted by atomic mass is 10.1. The van der Waals surface area contributed by atoms with E-state index in [0.717, 1.165) is 9.99 Å². The third kappa shape index (κ3) is 2.59. The number of carbonyl (C=O) groups is 2. The first-order chi connectivity index (χ1) is 8.09. The van der Waals surface area contributed by atoms with Crippen molar-refractivity contribution in [1.29, 1.82) is 0 Å². The smallest absolute Gasteiger partial charge is 0.254 e. The first-order valence-electron chi connectivity index (χ1n) is 5.45. The Labute approximate surface area is 113 Å². The molecule has 0 saturated carbocycles. The average Bonchev–Trinajstić information content (AvgIpc) is 2.77. The van der Waals surface area contributed by atoms with E-state index in [0.29, 0.717) is 18.5 Å². The molecule has 1 saturated heterocycles. The van der Waals surface area contributed by atoms with Gasteiger partial charge in [0.2, 0.25) is 5.91 Å². The number of rotatable bonds is 2. The summed E-state index contributed by atoms with van der Waals surface area (Å²) in [5.74, 6) is -0.522. The molecule has 0 aromatic heterocycles. The Bertz CT molecular complexity index is 462. The molecule has 1 aromatic carbocycles. The number of hydrogen-bond acceptors (Lipinski definition) is 2. The molecular weight excluding hydrogens is 331 g/mol. The Kier molecular flexibility index (Phi) is 3.66. The molecule has 1 aromatic rings. The number of hydrogen-bond donors (Lipinski definition) is 1.